The fraction of sp³-hybridized carbons (Fsp3) is 0.739. The lowest BCUT2D eigenvalue weighted by Gasteiger charge is -2.38. The van der Waals surface area contributed by atoms with Crippen LogP contribution in [-0.2, 0) is 17.9 Å². The molecule has 0 amide bonds. The van der Waals surface area contributed by atoms with E-state index in [2.05, 4.69) is 72.3 Å². The summed E-state index contributed by atoms with van der Waals surface area (Å²) in [5, 5.41) is 9.38. The molecule has 7 nitrogen and oxygen atoms in total. The molecule has 2 aromatic heterocycles. The van der Waals surface area contributed by atoms with E-state index in [1.807, 2.05) is 14.0 Å². The highest BCUT2D eigenvalue weighted by Crippen LogP contribution is 2.32. The molecule has 9 heteroatoms. The van der Waals surface area contributed by atoms with E-state index in [1.165, 1.54) is 5.69 Å². The van der Waals surface area contributed by atoms with Crippen LogP contribution in [0.2, 0.25) is 0 Å². The van der Waals surface area contributed by atoms with E-state index in [9.17, 15) is 0 Å². The van der Waals surface area contributed by atoms with Crippen LogP contribution in [0, 0.1) is 6.92 Å². The maximum absolute atomic E-state index is 5.03. The second-order valence-corrected chi connectivity index (χ2v) is 11.6. The Morgan fingerprint density at radius 1 is 0.969 bits per heavy atom. The fourth-order valence-corrected chi connectivity index (χ4v) is 4.58. The molecule has 0 unspecified atom stereocenters. The zero-order valence-electron chi connectivity index (χ0n) is 21.0. The lowest BCUT2D eigenvalue weighted by atomic mass is 9.89. The van der Waals surface area contributed by atoms with E-state index < -0.39 is 0 Å². The predicted molar refractivity (Wildman–Crippen MR) is 136 cm³/mol. The molecule has 0 saturated carbocycles. The van der Waals surface area contributed by atoms with Crippen LogP contribution in [0.5, 0.6) is 0 Å². The standard InChI is InChI=1S/C23H39N7S.ClH/c1-17-26-27-21(28(17)8)31-15-9-10-29-11-13-30(14-12-29)18-16-24-20(23(5,6)7)25-19(18)22(2,3)4;/h16H,9-15H2,1-8H3;1H. The lowest BCUT2D eigenvalue weighted by Crippen LogP contribution is -2.47. The van der Waals surface area contributed by atoms with Gasteiger partial charge in [-0.1, -0.05) is 53.3 Å². The summed E-state index contributed by atoms with van der Waals surface area (Å²) >= 11 is 1.80. The van der Waals surface area contributed by atoms with Crippen molar-refractivity contribution in [3.05, 3.63) is 23.5 Å². The normalized spacial score (nSPS) is 15.7. The van der Waals surface area contributed by atoms with Crippen LogP contribution < -0.4 is 4.90 Å². The van der Waals surface area contributed by atoms with E-state index in [4.69, 9.17) is 9.97 Å². The third-order valence-electron chi connectivity index (χ3n) is 5.77. The highest BCUT2D eigenvalue weighted by Gasteiger charge is 2.28. The summed E-state index contributed by atoms with van der Waals surface area (Å²) < 4.78 is 2.06. The second kappa shape index (κ2) is 10.7. The molecule has 0 bridgehead atoms. The monoisotopic (exact) mass is 481 g/mol. The van der Waals surface area contributed by atoms with Crippen molar-refractivity contribution >= 4 is 29.9 Å². The Morgan fingerprint density at radius 3 is 2.16 bits per heavy atom. The largest absolute Gasteiger partial charge is 0.366 e. The quantitative estimate of drug-likeness (QED) is 0.451. The minimum Gasteiger partial charge on any atom is -0.366 e. The molecule has 32 heavy (non-hydrogen) atoms. The van der Waals surface area contributed by atoms with Gasteiger partial charge in [0.05, 0.1) is 17.6 Å². The molecule has 2 aromatic rings. The number of aryl methyl sites for hydroxylation is 1. The van der Waals surface area contributed by atoms with Gasteiger partial charge in [0.1, 0.15) is 11.6 Å². The molecular formula is C23H40ClN7S. The zero-order valence-corrected chi connectivity index (χ0v) is 22.6. The number of anilines is 1. The summed E-state index contributed by atoms with van der Waals surface area (Å²) in [6.45, 7) is 20.6. The SMILES string of the molecule is Cc1nnc(SCCCN2CCN(c3cnc(C(C)(C)C)nc3C(C)(C)C)CC2)n1C.Cl. The third-order valence-corrected chi connectivity index (χ3v) is 6.87. The molecule has 1 aliphatic rings. The van der Waals surface area contributed by atoms with Gasteiger partial charge >= 0.3 is 0 Å². The van der Waals surface area contributed by atoms with Crippen LogP contribution in [0.3, 0.4) is 0 Å². The highest BCUT2D eigenvalue weighted by molar-refractivity contribution is 7.99. The first-order valence-electron chi connectivity index (χ1n) is 11.3. The molecule has 0 radical (unpaired) electrons. The van der Waals surface area contributed by atoms with Crippen LogP contribution in [0.4, 0.5) is 5.69 Å². The molecule has 0 N–H and O–H groups in total. The number of thioether (sulfide) groups is 1. The lowest BCUT2D eigenvalue weighted by molar-refractivity contribution is 0.258. The Labute approximate surface area is 204 Å². The van der Waals surface area contributed by atoms with Crippen molar-refractivity contribution in [3.63, 3.8) is 0 Å². The van der Waals surface area contributed by atoms with Crippen molar-refractivity contribution < 1.29 is 0 Å². The number of piperazine rings is 1. The van der Waals surface area contributed by atoms with Crippen LogP contribution >= 0.6 is 24.2 Å². The second-order valence-electron chi connectivity index (χ2n) is 10.5. The van der Waals surface area contributed by atoms with Crippen molar-refractivity contribution in [1.29, 1.82) is 0 Å². The van der Waals surface area contributed by atoms with Gasteiger partial charge in [0.15, 0.2) is 5.16 Å². The molecule has 0 spiro atoms. The molecule has 180 valence electrons. The molecular weight excluding hydrogens is 442 g/mol. The molecule has 3 heterocycles. The minimum atomic E-state index is -0.0427. The van der Waals surface area contributed by atoms with E-state index in [-0.39, 0.29) is 23.2 Å². The van der Waals surface area contributed by atoms with Crippen LogP contribution in [0.25, 0.3) is 0 Å². The van der Waals surface area contributed by atoms with Crippen molar-refractivity contribution in [3.8, 4) is 0 Å². The Bertz CT molecular complexity index is 877. The van der Waals surface area contributed by atoms with Crippen LogP contribution in [0.15, 0.2) is 11.4 Å². The Balaban J connectivity index is 0.00000363. The molecule has 0 aliphatic carbocycles. The number of rotatable bonds is 6. The van der Waals surface area contributed by atoms with Gasteiger partial charge in [0, 0.05) is 49.8 Å². The summed E-state index contributed by atoms with van der Waals surface area (Å²) in [5.41, 5.74) is 2.31. The van der Waals surface area contributed by atoms with Gasteiger partial charge in [-0.05, 0) is 19.9 Å². The van der Waals surface area contributed by atoms with Gasteiger partial charge in [-0.3, -0.25) is 4.90 Å². The van der Waals surface area contributed by atoms with E-state index >= 15 is 0 Å². The number of hydrogen-bond donors (Lipinski definition) is 0. The molecule has 3 rings (SSSR count). The zero-order chi connectivity index (χ0) is 22.8. The Morgan fingerprint density at radius 2 is 1.62 bits per heavy atom. The summed E-state index contributed by atoms with van der Waals surface area (Å²) in [4.78, 5) is 14.8. The molecule has 0 aromatic carbocycles. The minimum absolute atomic E-state index is 0. The van der Waals surface area contributed by atoms with Crippen LogP contribution in [-0.4, -0.2) is 68.1 Å². The Hall–Kier alpha value is -1.38. The van der Waals surface area contributed by atoms with E-state index in [1.54, 1.807) is 11.8 Å². The van der Waals surface area contributed by atoms with Crippen LogP contribution in [0.1, 0.15) is 65.3 Å². The van der Waals surface area contributed by atoms with Gasteiger partial charge < -0.3 is 9.47 Å². The first-order chi connectivity index (χ1) is 14.5. The highest BCUT2D eigenvalue weighted by atomic mass is 35.5. The van der Waals surface area contributed by atoms with Gasteiger partial charge in [-0.25, -0.2) is 9.97 Å². The van der Waals surface area contributed by atoms with Crippen molar-refractivity contribution in [2.24, 2.45) is 7.05 Å². The van der Waals surface area contributed by atoms with Crippen molar-refractivity contribution in [2.45, 2.75) is 70.9 Å². The molecule has 1 fully saturated rings. The van der Waals surface area contributed by atoms with E-state index in [0.717, 1.165) is 67.4 Å². The number of hydrogen-bond acceptors (Lipinski definition) is 7. The topological polar surface area (TPSA) is 63.0 Å². The van der Waals surface area contributed by atoms with Gasteiger partial charge in [0.25, 0.3) is 0 Å². The van der Waals surface area contributed by atoms with Crippen molar-refractivity contribution in [1.82, 2.24) is 29.6 Å². The predicted octanol–water partition coefficient (Wildman–Crippen LogP) is 4.23. The molecule has 0 atom stereocenters. The number of halogens is 1. The van der Waals surface area contributed by atoms with Crippen molar-refractivity contribution in [2.75, 3.05) is 43.4 Å². The summed E-state index contributed by atoms with van der Waals surface area (Å²) in [6, 6.07) is 0. The molecule has 1 saturated heterocycles. The number of aromatic nitrogens is 5. The average molecular weight is 482 g/mol. The average Bonchev–Trinajstić information content (AvgIpc) is 3.02. The summed E-state index contributed by atoms with van der Waals surface area (Å²) in [5.74, 6) is 2.96. The fourth-order valence-electron chi connectivity index (χ4n) is 3.70. The van der Waals surface area contributed by atoms with Gasteiger partial charge in [-0.2, -0.15) is 0 Å². The summed E-state index contributed by atoms with van der Waals surface area (Å²) in [6.07, 6.45) is 3.22. The smallest absolute Gasteiger partial charge is 0.190 e. The maximum Gasteiger partial charge on any atom is 0.190 e. The third kappa shape index (κ3) is 6.58. The van der Waals surface area contributed by atoms with Gasteiger partial charge in [0.2, 0.25) is 0 Å². The maximum atomic E-state index is 5.03. The number of nitrogens with zero attached hydrogens (tertiary/aromatic N) is 7. The molecule has 1 aliphatic heterocycles. The first-order valence-corrected chi connectivity index (χ1v) is 12.3. The summed E-state index contributed by atoms with van der Waals surface area (Å²) in [7, 11) is 2.03. The Kier molecular flexibility index (Phi) is 8.98. The van der Waals surface area contributed by atoms with E-state index in [0.29, 0.717) is 0 Å². The van der Waals surface area contributed by atoms with Gasteiger partial charge in [-0.15, -0.1) is 22.6 Å². The first kappa shape index (κ1) is 26.9.